The quantitative estimate of drug-likeness (QED) is 0.0326. The number of fused-ring (bicyclic) bond motifs is 3. The molecule has 2 unspecified atom stereocenters. The molecule has 0 radical (unpaired) electrons. The van der Waals surface area contributed by atoms with Crippen LogP contribution in [-0.4, -0.2) is 104 Å². The monoisotopic (exact) mass is 912 g/mol. The third-order valence-electron chi connectivity index (χ3n) is 9.86. The summed E-state index contributed by atoms with van der Waals surface area (Å²) in [6.07, 6.45) is 6.89. The summed E-state index contributed by atoms with van der Waals surface area (Å²) in [5.74, 6) is 3.64. The van der Waals surface area contributed by atoms with Crippen molar-refractivity contribution in [3.8, 4) is 35.0 Å². The van der Waals surface area contributed by atoms with Crippen molar-refractivity contribution in [2.45, 2.75) is 110 Å². The van der Waals surface area contributed by atoms with Crippen LogP contribution in [0.15, 0.2) is 110 Å². The van der Waals surface area contributed by atoms with Gasteiger partial charge in [0.05, 0.1) is 30.0 Å². The second-order valence-corrected chi connectivity index (χ2v) is 20.5. The zero-order valence-corrected chi connectivity index (χ0v) is 41.1. The lowest BCUT2D eigenvalue weighted by Gasteiger charge is -2.34. The van der Waals surface area contributed by atoms with E-state index in [1.54, 1.807) is 20.8 Å². The summed E-state index contributed by atoms with van der Waals surface area (Å²) in [6.45, 7) is 26.1. The van der Waals surface area contributed by atoms with Crippen LogP contribution in [0.4, 0.5) is 0 Å². The first-order valence-corrected chi connectivity index (χ1v) is 23.8. The van der Waals surface area contributed by atoms with Gasteiger partial charge in [0.2, 0.25) is 5.91 Å². The summed E-state index contributed by atoms with van der Waals surface area (Å²) in [6, 6.07) is 33.4. The molecule has 1 fully saturated rings. The Balaban J connectivity index is 0.000000363. The molecule has 4 aromatic carbocycles. The number of hydrogen-bond acceptors (Lipinski definition) is 10. The molecule has 1 heterocycles. The van der Waals surface area contributed by atoms with Crippen LogP contribution in [-0.2, 0) is 29.2 Å². The van der Waals surface area contributed by atoms with Crippen LogP contribution in [0.1, 0.15) is 97.9 Å². The lowest BCUT2D eigenvalue weighted by atomic mass is 9.68. The van der Waals surface area contributed by atoms with Crippen LogP contribution in [0.5, 0.6) is 11.5 Å². The van der Waals surface area contributed by atoms with E-state index < -0.39 is 33.3 Å². The predicted octanol–water partition coefficient (Wildman–Crippen LogP) is 8.54. The van der Waals surface area contributed by atoms with Crippen molar-refractivity contribution in [3.63, 3.8) is 0 Å². The number of nitrogens with zero attached hydrogens (tertiary/aromatic N) is 1. The van der Waals surface area contributed by atoms with Crippen LogP contribution in [0.2, 0.25) is 0 Å². The summed E-state index contributed by atoms with van der Waals surface area (Å²) in [7, 11) is -3.28. The highest BCUT2D eigenvalue weighted by atomic mass is 32.2. The average Bonchev–Trinajstić information content (AvgIpc) is 4.06. The van der Waals surface area contributed by atoms with Crippen LogP contribution >= 0.6 is 0 Å². The highest BCUT2D eigenvalue weighted by Crippen LogP contribution is 2.56. The molecule has 65 heavy (non-hydrogen) atoms. The Bertz CT molecular complexity index is 2210. The highest BCUT2D eigenvalue weighted by molar-refractivity contribution is 7.86. The van der Waals surface area contributed by atoms with Crippen LogP contribution < -0.4 is 14.8 Å². The Morgan fingerprint density at radius 2 is 1.23 bits per heavy atom. The van der Waals surface area contributed by atoms with E-state index in [2.05, 4.69) is 120 Å². The smallest absolute Gasteiger partial charge is 0.264 e. The molecule has 1 aliphatic heterocycles. The van der Waals surface area contributed by atoms with Crippen LogP contribution in [0.25, 0.3) is 11.1 Å². The average molecular weight is 913 g/mol. The molecule has 2 aliphatic rings. The third kappa shape index (κ3) is 17.7. The second kappa shape index (κ2) is 24.0. The van der Waals surface area contributed by atoms with Gasteiger partial charge in [0.15, 0.2) is 0 Å². The molecule has 0 bridgehead atoms. The molecule has 0 aromatic heterocycles. The fourth-order valence-corrected chi connectivity index (χ4v) is 7.93. The summed E-state index contributed by atoms with van der Waals surface area (Å²) in [5, 5.41) is 22.8. The standard InChI is InChI=1S/C35H34O5.C7H13NO.C6H13N.C5H12O3S/c1-3-21-38-22-28(37)24-40-30-19-15-26(16-20-30)35(25-13-17-29(18-14-25)39-23-27(36)4-2)33-11-7-5-9-31(33)32-10-6-8-12-34(32)35;1-5-6(9)8-7(2,3)4;1-6(2,3)7-4-5-7;1-5(2,3)8-9(4,6)7/h1,5-20,27-28,36-37H,4,21-24H2,2H3;5H,1H2,2-4H3,(H,8,9);4-5H2,1-3H3;1-4H3. The molecule has 1 amide bonds. The number of ether oxygens (including phenoxy) is 3. The number of nitrogens with one attached hydrogen (secondary N) is 1. The first-order valence-electron chi connectivity index (χ1n) is 22.0. The normalized spacial score (nSPS) is 14.7. The van der Waals surface area contributed by atoms with Crippen molar-refractivity contribution in [2.75, 3.05) is 45.8 Å². The van der Waals surface area contributed by atoms with Gasteiger partial charge in [0.25, 0.3) is 10.1 Å². The zero-order chi connectivity index (χ0) is 48.6. The second-order valence-electron chi connectivity index (χ2n) is 18.9. The fraction of sp³-hybridized carbons (Fsp3) is 0.453. The lowest BCUT2D eigenvalue weighted by Crippen LogP contribution is -2.39. The van der Waals surface area contributed by atoms with Crippen molar-refractivity contribution in [1.29, 1.82) is 0 Å². The third-order valence-corrected chi connectivity index (χ3v) is 10.7. The maximum absolute atomic E-state index is 10.6. The molecule has 4 aromatic rings. The number of aliphatic hydroxyl groups excluding tert-OH is 2. The molecule has 2 atom stereocenters. The van der Waals surface area contributed by atoms with E-state index in [0.717, 1.165) is 23.1 Å². The minimum Gasteiger partial charge on any atom is -0.491 e. The van der Waals surface area contributed by atoms with Gasteiger partial charge in [-0.1, -0.05) is 92.2 Å². The Morgan fingerprint density at radius 3 is 1.54 bits per heavy atom. The Morgan fingerprint density at radius 1 is 0.785 bits per heavy atom. The summed E-state index contributed by atoms with van der Waals surface area (Å²) >= 11 is 0. The van der Waals surface area contributed by atoms with E-state index in [4.69, 9.17) is 20.6 Å². The van der Waals surface area contributed by atoms with Gasteiger partial charge < -0.3 is 29.7 Å². The van der Waals surface area contributed by atoms with Gasteiger partial charge in [0.1, 0.15) is 37.4 Å². The topological polar surface area (TPSA) is 144 Å². The summed E-state index contributed by atoms with van der Waals surface area (Å²) in [5.41, 5.74) is 6.20. The van der Waals surface area contributed by atoms with Crippen molar-refractivity contribution < 1.29 is 41.8 Å². The first kappa shape index (κ1) is 54.3. The zero-order valence-electron chi connectivity index (χ0n) is 40.3. The number of carbonyl (C=O) groups is 1. The molecule has 11 nitrogen and oxygen atoms in total. The van der Waals surface area contributed by atoms with Crippen molar-refractivity contribution in [3.05, 3.63) is 132 Å². The number of hydrogen-bond donors (Lipinski definition) is 3. The number of amides is 1. The Labute approximate surface area is 389 Å². The van der Waals surface area contributed by atoms with Gasteiger partial charge >= 0.3 is 0 Å². The molecule has 6 rings (SSSR count). The van der Waals surface area contributed by atoms with Gasteiger partial charge in [-0.25, -0.2) is 0 Å². The molecule has 354 valence electrons. The number of benzene rings is 4. The van der Waals surface area contributed by atoms with E-state index in [-0.39, 0.29) is 37.9 Å². The highest BCUT2D eigenvalue weighted by Gasteiger charge is 2.46. The van der Waals surface area contributed by atoms with E-state index in [9.17, 15) is 23.4 Å². The maximum atomic E-state index is 10.6. The lowest BCUT2D eigenvalue weighted by molar-refractivity contribution is -0.117. The summed E-state index contributed by atoms with van der Waals surface area (Å²) in [4.78, 5) is 13.0. The Kier molecular flexibility index (Phi) is 20.0. The van der Waals surface area contributed by atoms with E-state index in [1.807, 2.05) is 52.0 Å². The molecule has 3 N–H and O–H groups in total. The molecule has 1 aliphatic carbocycles. The fourth-order valence-electron chi connectivity index (χ4n) is 7.03. The van der Waals surface area contributed by atoms with E-state index in [0.29, 0.717) is 17.7 Å². The minimum atomic E-state index is -3.28. The van der Waals surface area contributed by atoms with Gasteiger partial charge in [-0.05, 0) is 132 Å². The number of aliphatic hydroxyl groups is 2. The maximum Gasteiger partial charge on any atom is 0.264 e. The van der Waals surface area contributed by atoms with E-state index in [1.165, 1.54) is 41.4 Å². The van der Waals surface area contributed by atoms with Gasteiger partial charge in [-0.2, -0.15) is 8.42 Å². The number of rotatable bonds is 14. The van der Waals surface area contributed by atoms with Gasteiger partial charge in [-0.15, -0.1) is 6.42 Å². The molecule has 0 spiro atoms. The molecule has 12 heteroatoms. The van der Waals surface area contributed by atoms with Crippen molar-refractivity contribution in [1.82, 2.24) is 10.2 Å². The SMILES string of the molecule is C#CCOCC(O)COc1ccc(C2(c3ccc(OCC(O)CC)cc3)c3ccccc3-c3ccccc32)cc1.C=CC(=O)NC(C)(C)C.CC(C)(C)N1CC1.CC(C)(C)OS(C)(=O)=O. The van der Waals surface area contributed by atoms with Crippen LogP contribution in [0, 0.1) is 12.3 Å². The first-order chi connectivity index (χ1) is 30.3. The molecule has 1 saturated heterocycles. The molecular weight excluding hydrogens is 841 g/mol. The largest absolute Gasteiger partial charge is 0.491 e. The number of carbonyl (C=O) groups excluding carboxylic acids is 1. The molecular formula is C53H72N2O9S. The van der Waals surface area contributed by atoms with Crippen molar-refractivity contribution in [2.24, 2.45) is 0 Å². The minimum absolute atomic E-state index is 0.106. The van der Waals surface area contributed by atoms with E-state index >= 15 is 0 Å². The molecule has 0 saturated carbocycles. The van der Waals surface area contributed by atoms with Gasteiger partial charge in [0, 0.05) is 24.2 Å². The Hall–Kier alpha value is -5.00. The van der Waals surface area contributed by atoms with Crippen LogP contribution in [0.3, 0.4) is 0 Å². The van der Waals surface area contributed by atoms with Gasteiger partial charge in [-0.3, -0.25) is 13.9 Å². The number of terminal acetylenes is 1. The predicted molar refractivity (Wildman–Crippen MR) is 262 cm³/mol. The van der Waals surface area contributed by atoms with Crippen molar-refractivity contribution >= 4 is 16.0 Å². The summed E-state index contributed by atoms with van der Waals surface area (Å²) < 4.78 is 42.3.